The van der Waals surface area contributed by atoms with Crippen LogP contribution in [0.1, 0.15) is 6.42 Å². The number of carbonyl (C=O) groups excluding carboxylic acids is 2. The van der Waals surface area contributed by atoms with Gasteiger partial charge in [-0.15, -0.1) is 0 Å². The average Bonchev–Trinajstić information content (AvgIpc) is 2.28. The molecule has 0 heterocycles. The van der Waals surface area contributed by atoms with Crippen LogP contribution in [0.3, 0.4) is 0 Å². The molecular formula is C9H16O6S2. The number of hydrogen-bond acceptors (Lipinski definition) is 6. The molecule has 0 N–H and O–H groups in total. The first-order valence-electron chi connectivity index (χ1n) is 4.83. The summed E-state index contributed by atoms with van der Waals surface area (Å²) < 4.78 is 31.3. The van der Waals surface area contributed by atoms with Crippen molar-refractivity contribution >= 4 is 33.5 Å². The van der Waals surface area contributed by atoms with Gasteiger partial charge in [0.1, 0.15) is 11.5 Å². The Labute approximate surface area is 105 Å². The minimum atomic E-state index is -1.31. The van der Waals surface area contributed by atoms with Gasteiger partial charge >= 0.3 is 11.9 Å². The monoisotopic (exact) mass is 284 g/mol. The van der Waals surface area contributed by atoms with E-state index in [2.05, 4.69) is 9.47 Å². The summed E-state index contributed by atoms with van der Waals surface area (Å²) in [6.07, 6.45) is 0.424. The molecule has 0 spiro atoms. The minimum absolute atomic E-state index is 0.153. The maximum absolute atomic E-state index is 11.3. The maximum Gasteiger partial charge on any atom is 0.318 e. The molecule has 2 unspecified atom stereocenters. The van der Waals surface area contributed by atoms with Gasteiger partial charge in [0.05, 0.1) is 14.2 Å². The highest BCUT2D eigenvalue weighted by Gasteiger charge is 2.10. The van der Waals surface area contributed by atoms with Crippen LogP contribution in [0.25, 0.3) is 0 Å². The van der Waals surface area contributed by atoms with Gasteiger partial charge in [-0.05, 0) is 6.42 Å². The van der Waals surface area contributed by atoms with Crippen LogP contribution in [0, 0.1) is 0 Å². The van der Waals surface area contributed by atoms with Crippen molar-refractivity contribution in [3.63, 3.8) is 0 Å². The van der Waals surface area contributed by atoms with Crippen LogP contribution in [-0.2, 0) is 40.7 Å². The Kier molecular flexibility index (Phi) is 8.87. The lowest BCUT2D eigenvalue weighted by molar-refractivity contribution is -0.138. The van der Waals surface area contributed by atoms with Gasteiger partial charge in [0.2, 0.25) is 0 Å². The fourth-order valence-electron chi connectivity index (χ4n) is 0.906. The molecular weight excluding hydrogens is 268 g/mol. The van der Waals surface area contributed by atoms with Crippen molar-refractivity contribution in [3.05, 3.63) is 0 Å². The molecule has 0 saturated heterocycles. The fourth-order valence-corrected chi connectivity index (χ4v) is 3.07. The summed E-state index contributed by atoms with van der Waals surface area (Å²) in [5, 5.41) is 0. The van der Waals surface area contributed by atoms with Crippen molar-refractivity contribution in [1.82, 2.24) is 0 Å². The molecule has 0 bridgehead atoms. The lowest BCUT2D eigenvalue weighted by Crippen LogP contribution is -2.17. The summed E-state index contributed by atoms with van der Waals surface area (Å²) in [4.78, 5) is 21.5. The number of rotatable bonds is 8. The zero-order valence-corrected chi connectivity index (χ0v) is 11.4. The van der Waals surface area contributed by atoms with Crippen LogP contribution in [0.15, 0.2) is 0 Å². The van der Waals surface area contributed by atoms with Gasteiger partial charge in [0.25, 0.3) is 0 Å². The summed E-state index contributed by atoms with van der Waals surface area (Å²) >= 11 is 0. The molecule has 17 heavy (non-hydrogen) atoms. The van der Waals surface area contributed by atoms with E-state index in [4.69, 9.17) is 0 Å². The first kappa shape index (κ1) is 16.2. The van der Waals surface area contributed by atoms with Gasteiger partial charge in [-0.25, -0.2) is 0 Å². The molecule has 0 aromatic carbocycles. The van der Waals surface area contributed by atoms with Crippen LogP contribution in [0.4, 0.5) is 0 Å². The molecule has 0 amide bonds. The molecule has 0 rings (SSSR count). The number of ether oxygens (including phenoxy) is 2. The van der Waals surface area contributed by atoms with Crippen molar-refractivity contribution < 1.29 is 27.5 Å². The predicted molar refractivity (Wildman–Crippen MR) is 64.4 cm³/mol. The molecule has 0 fully saturated rings. The number of hydrogen-bond donors (Lipinski definition) is 0. The standard InChI is InChI=1S/C9H16O6S2/c1-14-8(10)6-16(12)4-3-5-17(13)7-9(11)15-2/h3-7H2,1-2H3. The average molecular weight is 284 g/mol. The Hall–Kier alpha value is -0.760. The second kappa shape index (κ2) is 9.29. The summed E-state index contributed by atoms with van der Waals surface area (Å²) in [7, 11) is -0.158. The van der Waals surface area contributed by atoms with Crippen LogP contribution < -0.4 is 0 Å². The zero-order valence-electron chi connectivity index (χ0n) is 9.80. The van der Waals surface area contributed by atoms with Gasteiger partial charge in [-0.2, -0.15) is 0 Å². The van der Waals surface area contributed by atoms with Crippen molar-refractivity contribution in [2.24, 2.45) is 0 Å². The molecule has 0 saturated carbocycles. The molecule has 6 nitrogen and oxygen atoms in total. The van der Waals surface area contributed by atoms with Gasteiger partial charge in [-0.3, -0.25) is 18.0 Å². The van der Waals surface area contributed by atoms with Crippen LogP contribution in [0.2, 0.25) is 0 Å². The smallest absolute Gasteiger partial charge is 0.318 e. The molecule has 0 radical (unpaired) electrons. The Bertz CT molecular complexity index is 285. The van der Waals surface area contributed by atoms with Crippen molar-refractivity contribution in [3.8, 4) is 0 Å². The fraction of sp³-hybridized carbons (Fsp3) is 0.778. The van der Waals surface area contributed by atoms with Gasteiger partial charge in [0, 0.05) is 33.1 Å². The minimum Gasteiger partial charge on any atom is -0.468 e. The van der Waals surface area contributed by atoms with E-state index in [1.807, 2.05) is 0 Å². The first-order chi connectivity index (χ1) is 7.99. The van der Waals surface area contributed by atoms with E-state index in [1.54, 1.807) is 0 Å². The number of carbonyl (C=O) groups is 2. The second-order valence-electron chi connectivity index (χ2n) is 3.08. The first-order valence-corrected chi connectivity index (χ1v) is 7.80. The van der Waals surface area contributed by atoms with Crippen molar-refractivity contribution in [1.29, 1.82) is 0 Å². The topological polar surface area (TPSA) is 86.7 Å². The molecule has 0 aliphatic rings. The van der Waals surface area contributed by atoms with Gasteiger partial charge in [-0.1, -0.05) is 0 Å². The highest BCUT2D eigenvalue weighted by Crippen LogP contribution is 1.94. The van der Waals surface area contributed by atoms with Crippen molar-refractivity contribution in [2.45, 2.75) is 6.42 Å². The largest absolute Gasteiger partial charge is 0.468 e. The molecule has 0 aromatic heterocycles. The third-order valence-electron chi connectivity index (χ3n) is 1.76. The van der Waals surface area contributed by atoms with E-state index in [1.165, 1.54) is 14.2 Å². The lowest BCUT2D eigenvalue weighted by atomic mass is 10.6. The lowest BCUT2D eigenvalue weighted by Gasteiger charge is -2.02. The highest BCUT2D eigenvalue weighted by atomic mass is 32.2. The van der Waals surface area contributed by atoms with Crippen molar-refractivity contribution in [2.75, 3.05) is 37.2 Å². The molecule has 2 atom stereocenters. The third kappa shape index (κ3) is 8.99. The molecule has 0 aliphatic carbocycles. The SMILES string of the molecule is COC(=O)CS(=O)CCCS(=O)CC(=O)OC. The van der Waals surface area contributed by atoms with Gasteiger partial charge < -0.3 is 9.47 Å². The Morgan fingerprint density at radius 3 is 1.53 bits per heavy atom. The number of methoxy groups -OCH3 is 2. The summed E-state index contributed by atoms with van der Waals surface area (Å²) in [5.41, 5.74) is 0. The van der Waals surface area contributed by atoms with E-state index in [0.717, 1.165) is 0 Å². The van der Waals surface area contributed by atoms with Crippen LogP contribution >= 0.6 is 0 Å². The normalized spacial score (nSPS) is 13.8. The molecule has 0 aliphatic heterocycles. The highest BCUT2D eigenvalue weighted by molar-refractivity contribution is 7.86. The van der Waals surface area contributed by atoms with Crippen LogP contribution in [0.5, 0.6) is 0 Å². The number of esters is 2. The van der Waals surface area contributed by atoms with E-state index in [0.29, 0.717) is 6.42 Å². The molecule has 0 aromatic rings. The van der Waals surface area contributed by atoms with E-state index in [9.17, 15) is 18.0 Å². The van der Waals surface area contributed by atoms with Gasteiger partial charge in [0.15, 0.2) is 0 Å². The quantitative estimate of drug-likeness (QED) is 0.543. The predicted octanol–water partition coefficient (Wildman–Crippen LogP) is -0.780. The third-order valence-corrected chi connectivity index (χ3v) is 4.36. The Morgan fingerprint density at radius 1 is 0.882 bits per heavy atom. The van der Waals surface area contributed by atoms with E-state index in [-0.39, 0.29) is 23.0 Å². The zero-order chi connectivity index (χ0) is 13.3. The molecule has 100 valence electrons. The maximum atomic E-state index is 11.3. The Balaban J connectivity index is 3.69. The van der Waals surface area contributed by atoms with E-state index >= 15 is 0 Å². The van der Waals surface area contributed by atoms with E-state index < -0.39 is 33.5 Å². The molecule has 8 heteroatoms. The van der Waals surface area contributed by atoms with Crippen LogP contribution in [-0.4, -0.2) is 57.6 Å². The summed E-state index contributed by atoms with van der Waals surface area (Å²) in [6, 6.07) is 0. The summed E-state index contributed by atoms with van der Waals surface area (Å²) in [6.45, 7) is 0. The summed E-state index contributed by atoms with van der Waals surface area (Å²) in [5.74, 6) is -0.831. The Morgan fingerprint density at radius 2 is 1.24 bits per heavy atom. The second-order valence-corrected chi connectivity index (χ2v) is 6.24.